The number of carbonyl (C=O) groups is 2. The maximum absolute atomic E-state index is 12.1. The summed E-state index contributed by atoms with van der Waals surface area (Å²) in [5, 5.41) is 2.65. The van der Waals surface area contributed by atoms with E-state index in [0.29, 0.717) is 11.5 Å². The number of methoxy groups -OCH3 is 2. The summed E-state index contributed by atoms with van der Waals surface area (Å²) in [6.45, 7) is 2.31. The number of nitrogens with one attached hydrogen (secondary N) is 1. The van der Waals surface area contributed by atoms with Gasteiger partial charge in [0.25, 0.3) is 0 Å². The summed E-state index contributed by atoms with van der Waals surface area (Å²) in [6.07, 6.45) is -0.720. The lowest BCUT2D eigenvalue weighted by atomic mass is 10.2. The molecule has 0 heterocycles. The van der Waals surface area contributed by atoms with E-state index in [0.717, 1.165) is 10.5 Å². The van der Waals surface area contributed by atoms with E-state index in [9.17, 15) is 9.59 Å². The Morgan fingerprint density at radius 1 is 1.22 bits per heavy atom. The predicted octanol–water partition coefficient (Wildman–Crippen LogP) is 1.33. The number of nitrogens with zero attached hydrogens (tertiary/aromatic N) is 1. The molecule has 0 atom stereocenters. The minimum absolute atomic E-state index is 0.0800. The molecule has 0 unspecified atom stereocenters. The molecule has 0 aliphatic carbocycles. The van der Waals surface area contributed by atoms with E-state index in [1.165, 1.54) is 7.11 Å². The van der Waals surface area contributed by atoms with E-state index in [1.807, 2.05) is 0 Å². The average molecular weight is 325 g/mol. The van der Waals surface area contributed by atoms with Crippen LogP contribution >= 0.6 is 0 Å². The van der Waals surface area contributed by atoms with Crippen molar-refractivity contribution in [1.29, 1.82) is 0 Å². The normalized spacial score (nSPS) is 9.91. The Bertz CT molecular complexity index is 536. The largest absolute Gasteiger partial charge is 0.493 e. The number of urea groups is 1. The molecule has 0 aliphatic rings. The molecule has 0 spiro atoms. The fourth-order valence-electron chi connectivity index (χ4n) is 1.87. The Balaban J connectivity index is 2.71. The van der Waals surface area contributed by atoms with Crippen molar-refractivity contribution in [3.63, 3.8) is 0 Å². The van der Waals surface area contributed by atoms with Gasteiger partial charge in [0, 0.05) is 19.6 Å². The highest BCUT2D eigenvalue weighted by Crippen LogP contribution is 2.27. The van der Waals surface area contributed by atoms with Gasteiger partial charge in [0.05, 0.1) is 20.8 Å². The Morgan fingerprint density at radius 2 is 1.91 bits per heavy atom. The van der Waals surface area contributed by atoms with E-state index < -0.39 is 12.1 Å². The molecule has 3 amide bonds. The molecule has 0 fully saturated rings. The predicted molar refractivity (Wildman–Crippen MR) is 84.6 cm³/mol. The summed E-state index contributed by atoms with van der Waals surface area (Å²) in [5.74, 6) is 1.15. The molecule has 0 radical (unpaired) electrons. The topological polar surface area (TPSA) is 103 Å². The molecule has 3 N–H and O–H groups in total. The standard InChI is InChI=1S/C15H23N3O5/c1-4-23-15(20)18(8-7-16)14(19)17-10-11-5-6-12(21-2)13(9-11)22-3/h5-6,9H,4,7-8,10,16H2,1-3H3,(H,17,19). The SMILES string of the molecule is CCOC(=O)N(CCN)C(=O)NCc1ccc(OC)c(OC)c1. The summed E-state index contributed by atoms with van der Waals surface area (Å²) in [6, 6.07) is 4.71. The Hall–Kier alpha value is -2.48. The van der Waals surface area contributed by atoms with E-state index in [2.05, 4.69) is 5.32 Å². The van der Waals surface area contributed by atoms with Crippen LogP contribution in [0.3, 0.4) is 0 Å². The molecule has 0 bridgehead atoms. The molecule has 8 heteroatoms. The Kier molecular flexibility index (Phi) is 7.69. The van der Waals surface area contributed by atoms with Crippen LogP contribution in [-0.4, -0.2) is 50.9 Å². The number of carbonyl (C=O) groups excluding carboxylic acids is 2. The van der Waals surface area contributed by atoms with Crippen molar-refractivity contribution in [3.05, 3.63) is 23.8 Å². The molecule has 0 aromatic heterocycles. The first kappa shape index (κ1) is 18.6. The minimum atomic E-state index is -0.720. The van der Waals surface area contributed by atoms with Gasteiger partial charge >= 0.3 is 12.1 Å². The molecule has 23 heavy (non-hydrogen) atoms. The highest BCUT2D eigenvalue weighted by molar-refractivity contribution is 5.90. The number of rotatable bonds is 7. The first-order valence-corrected chi connectivity index (χ1v) is 7.20. The molecule has 8 nitrogen and oxygen atoms in total. The van der Waals surface area contributed by atoms with Gasteiger partial charge in [0.1, 0.15) is 0 Å². The second-order valence-electron chi connectivity index (χ2n) is 4.49. The van der Waals surface area contributed by atoms with Gasteiger partial charge < -0.3 is 25.3 Å². The molecular weight excluding hydrogens is 302 g/mol. The van der Waals surface area contributed by atoms with Crippen LogP contribution in [0.4, 0.5) is 9.59 Å². The van der Waals surface area contributed by atoms with Gasteiger partial charge in [-0.25, -0.2) is 14.5 Å². The molecule has 1 rings (SSSR count). The van der Waals surface area contributed by atoms with Crippen LogP contribution in [0.2, 0.25) is 0 Å². The van der Waals surface area contributed by atoms with Crippen molar-refractivity contribution in [1.82, 2.24) is 10.2 Å². The minimum Gasteiger partial charge on any atom is -0.493 e. The van der Waals surface area contributed by atoms with Crippen molar-refractivity contribution >= 4 is 12.1 Å². The zero-order valence-corrected chi connectivity index (χ0v) is 13.6. The third-order valence-electron chi connectivity index (χ3n) is 2.98. The highest BCUT2D eigenvalue weighted by Gasteiger charge is 2.21. The van der Waals surface area contributed by atoms with Crippen LogP contribution < -0.4 is 20.5 Å². The molecule has 1 aromatic rings. The third-order valence-corrected chi connectivity index (χ3v) is 2.98. The van der Waals surface area contributed by atoms with Crippen LogP contribution in [0, 0.1) is 0 Å². The maximum atomic E-state index is 12.1. The first-order chi connectivity index (χ1) is 11.1. The van der Waals surface area contributed by atoms with Gasteiger partial charge in [-0.05, 0) is 24.6 Å². The van der Waals surface area contributed by atoms with Crippen LogP contribution in [-0.2, 0) is 11.3 Å². The maximum Gasteiger partial charge on any atom is 0.418 e. The average Bonchev–Trinajstić information content (AvgIpc) is 2.57. The smallest absolute Gasteiger partial charge is 0.418 e. The number of hydrogen-bond acceptors (Lipinski definition) is 6. The highest BCUT2D eigenvalue weighted by atomic mass is 16.6. The van der Waals surface area contributed by atoms with Crippen LogP contribution in [0.5, 0.6) is 11.5 Å². The molecular formula is C15H23N3O5. The van der Waals surface area contributed by atoms with E-state index in [1.54, 1.807) is 32.2 Å². The van der Waals surface area contributed by atoms with Crippen molar-refractivity contribution < 1.29 is 23.8 Å². The zero-order valence-electron chi connectivity index (χ0n) is 13.6. The lowest BCUT2D eigenvalue weighted by Gasteiger charge is -2.20. The second-order valence-corrected chi connectivity index (χ2v) is 4.49. The number of nitrogens with two attached hydrogens (primary N) is 1. The monoisotopic (exact) mass is 325 g/mol. The summed E-state index contributed by atoms with van der Waals surface area (Å²) in [7, 11) is 3.08. The van der Waals surface area contributed by atoms with Crippen LogP contribution in [0.25, 0.3) is 0 Å². The summed E-state index contributed by atoms with van der Waals surface area (Å²) < 4.78 is 15.2. The Morgan fingerprint density at radius 3 is 2.48 bits per heavy atom. The summed E-state index contributed by atoms with van der Waals surface area (Å²) in [4.78, 5) is 24.8. The van der Waals surface area contributed by atoms with Gasteiger partial charge in [0.2, 0.25) is 0 Å². The van der Waals surface area contributed by atoms with Crippen molar-refractivity contribution in [2.24, 2.45) is 5.73 Å². The van der Waals surface area contributed by atoms with Crippen molar-refractivity contribution in [2.45, 2.75) is 13.5 Å². The number of benzene rings is 1. The van der Waals surface area contributed by atoms with Gasteiger partial charge in [-0.3, -0.25) is 0 Å². The van der Waals surface area contributed by atoms with Gasteiger partial charge in [-0.15, -0.1) is 0 Å². The number of amides is 3. The Labute approximate surface area is 135 Å². The molecule has 1 aromatic carbocycles. The van der Waals surface area contributed by atoms with E-state index in [4.69, 9.17) is 19.9 Å². The lowest BCUT2D eigenvalue weighted by Crippen LogP contribution is -2.46. The first-order valence-electron chi connectivity index (χ1n) is 7.20. The van der Waals surface area contributed by atoms with Crippen molar-refractivity contribution in [2.75, 3.05) is 33.9 Å². The number of hydrogen-bond donors (Lipinski definition) is 2. The van der Waals surface area contributed by atoms with Crippen LogP contribution in [0.1, 0.15) is 12.5 Å². The summed E-state index contributed by atoms with van der Waals surface area (Å²) in [5.41, 5.74) is 6.22. The number of imide groups is 1. The fourth-order valence-corrected chi connectivity index (χ4v) is 1.87. The molecule has 128 valence electrons. The lowest BCUT2D eigenvalue weighted by molar-refractivity contribution is 0.115. The summed E-state index contributed by atoms with van der Waals surface area (Å²) >= 11 is 0. The second kappa shape index (κ2) is 9.52. The van der Waals surface area contributed by atoms with Gasteiger partial charge in [-0.1, -0.05) is 6.07 Å². The zero-order chi connectivity index (χ0) is 17.2. The molecule has 0 saturated carbocycles. The van der Waals surface area contributed by atoms with Gasteiger partial charge in [-0.2, -0.15) is 0 Å². The van der Waals surface area contributed by atoms with E-state index >= 15 is 0 Å². The molecule has 0 saturated heterocycles. The third kappa shape index (κ3) is 5.33. The van der Waals surface area contributed by atoms with Gasteiger partial charge in [0.15, 0.2) is 11.5 Å². The fraction of sp³-hybridized carbons (Fsp3) is 0.467. The quantitative estimate of drug-likeness (QED) is 0.784. The van der Waals surface area contributed by atoms with E-state index in [-0.39, 0.29) is 26.2 Å². The molecule has 0 aliphatic heterocycles. The number of ether oxygens (including phenoxy) is 3. The van der Waals surface area contributed by atoms with Crippen LogP contribution in [0.15, 0.2) is 18.2 Å². The van der Waals surface area contributed by atoms with Crippen molar-refractivity contribution in [3.8, 4) is 11.5 Å².